The fourth-order valence-corrected chi connectivity index (χ4v) is 5.38. The van der Waals surface area contributed by atoms with E-state index < -0.39 is 9.84 Å². The Kier molecular flexibility index (Phi) is 3.82. The molecule has 0 unspecified atom stereocenters. The number of rotatable bonds is 2. The highest BCUT2D eigenvalue weighted by molar-refractivity contribution is 7.91. The molecule has 6 nitrogen and oxygen atoms in total. The van der Waals surface area contributed by atoms with E-state index in [9.17, 15) is 13.2 Å². The highest BCUT2D eigenvalue weighted by atomic mass is 32.2. The lowest BCUT2D eigenvalue weighted by molar-refractivity contribution is 0.253. The zero-order valence-corrected chi connectivity index (χ0v) is 14.0. The van der Waals surface area contributed by atoms with Crippen molar-refractivity contribution < 1.29 is 8.42 Å². The van der Waals surface area contributed by atoms with Crippen LogP contribution in [0.2, 0.25) is 0 Å². The maximum absolute atomic E-state index is 12.8. The number of nitrogens with zero attached hydrogens (tertiary/aromatic N) is 2. The van der Waals surface area contributed by atoms with Crippen molar-refractivity contribution in [2.24, 2.45) is 5.92 Å². The molecule has 0 amide bonds. The van der Waals surface area contributed by atoms with Gasteiger partial charge in [-0.2, -0.15) is 0 Å². The third kappa shape index (κ3) is 2.97. The van der Waals surface area contributed by atoms with Gasteiger partial charge in [0.25, 0.3) is 5.56 Å². The quantitative estimate of drug-likeness (QED) is 0.808. The Morgan fingerprint density at radius 2 is 1.96 bits per heavy atom. The van der Waals surface area contributed by atoms with Crippen molar-refractivity contribution in [3.63, 3.8) is 0 Å². The first-order valence-electron chi connectivity index (χ1n) is 8.38. The summed E-state index contributed by atoms with van der Waals surface area (Å²) in [7, 11) is -2.87. The van der Waals surface area contributed by atoms with E-state index in [2.05, 4.69) is 16.3 Å². The topological polar surface area (TPSA) is 71.4 Å². The summed E-state index contributed by atoms with van der Waals surface area (Å²) < 4.78 is 25.0. The van der Waals surface area contributed by atoms with Gasteiger partial charge in [0.15, 0.2) is 9.84 Å². The number of nitrogens with one attached hydrogen (secondary N) is 1. The Morgan fingerprint density at radius 1 is 1.17 bits per heavy atom. The van der Waals surface area contributed by atoms with Crippen molar-refractivity contribution in [2.45, 2.75) is 25.4 Å². The second-order valence-electron chi connectivity index (χ2n) is 7.08. The van der Waals surface area contributed by atoms with Gasteiger partial charge in [-0.25, -0.2) is 8.42 Å². The van der Waals surface area contributed by atoms with Crippen molar-refractivity contribution in [2.75, 3.05) is 37.7 Å². The Labute approximate surface area is 136 Å². The predicted octanol–water partition coefficient (Wildman–Crippen LogP) is -0.215. The van der Waals surface area contributed by atoms with Crippen LogP contribution >= 0.6 is 0 Å². The van der Waals surface area contributed by atoms with Crippen molar-refractivity contribution in [1.82, 2.24) is 14.8 Å². The predicted molar refractivity (Wildman–Crippen MR) is 88.4 cm³/mol. The molecule has 23 heavy (non-hydrogen) atoms. The van der Waals surface area contributed by atoms with Crippen LogP contribution < -0.4 is 10.9 Å². The van der Waals surface area contributed by atoms with E-state index in [1.165, 1.54) is 6.42 Å². The lowest BCUT2D eigenvalue weighted by Gasteiger charge is -2.37. The molecule has 2 atom stereocenters. The fourth-order valence-electron chi connectivity index (χ4n) is 4.11. The summed E-state index contributed by atoms with van der Waals surface area (Å²) in [5, 5.41) is 3.45. The summed E-state index contributed by atoms with van der Waals surface area (Å²) in [6, 6.07) is 4.05. The third-order valence-electron chi connectivity index (χ3n) is 5.42. The largest absolute Gasteiger partial charge is 0.316 e. The molecule has 0 aromatic carbocycles. The summed E-state index contributed by atoms with van der Waals surface area (Å²) >= 11 is 0. The normalized spacial score (nSPS) is 29.9. The molecule has 126 valence electrons. The van der Waals surface area contributed by atoms with Crippen LogP contribution in [0.5, 0.6) is 0 Å². The van der Waals surface area contributed by atoms with Crippen molar-refractivity contribution in [3.8, 4) is 0 Å². The summed E-state index contributed by atoms with van der Waals surface area (Å²) in [5.74, 6) is 1.41. The van der Waals surface area contributed by atoms with Gasteiger partial charge in [0.2, 0.25) is 0 Å². The molecule has 2 fully saturated rings. The first-order chi connectivity index (χ1) is 11.0. The second-order valence-corrected chi connectivity index (χ2v) is 9.39. The molecule has 3 aliphatic heterocycles. The molecule has 4 rings (SSSR count). The molecule has 0 saturated carbocycles. The van der Waals surface area contributed by atoms with Crippen LogP contribution in [0.1, 0.15) is 23.6 Å². The summed E-state index contributed by atoms with van der Waals surface area (Å²) in [5.41, 5.74) is 2.07. The first-order valence-corrected chi connectivity index (χ1v) is 10.2. The zero-order valence-electron chi connectivity index (χ0n) is 13.2. The van der Waals surface area contributed by atoms with Gasteiger partial charge < -0.3 is 9.88 Å². The minimum Gasteiger partial charge on any atom is -0.316 e. The van der Waals surface area contributed by atoms with Crippen LogP contribution in [0.4, 0.5) is 0 Å². The molecule has 1 aromatic heterocycles. The highest BCUT2D eigenvalue weighted by Gasteiger charge is 2.31. The van der Waals surface area contributed by atoms with Crippen LogP contribution in [-0.2, 0) is 22.9 Å². The Hall–Kier alpha value is -1.18. The van der Waals surface area contributed by atoms with Crippen molar-refractivity contribution in [3.05, 3.63) is 33.7 Å². The molecular formula is C16H23N3O3S. The third-order valence-corrected chi connectivity index (χ3v) is 7.03. The molecule has 4 heterocycles. The molecule has 2 bridgehead atoms. The molecular weight excluding hydrogens is 314 g/mol. The Morgan fingerprint density at radius 3 is 2.74 bits per heavy atom. The van der Waals surface area contributed by atoms with E-state index in [-0.39, 0.29) is 17.1 Å². The molecule has 2 saturated heterocycles. The number of aromatic nitrogens is 1. The summed E-state index contributed by atoms with van der Waals surface area (Å²) in [6.45, 7) is 4.37. The average molecular weight is 337 g/mol. The number of pyridine rings is 1. The van der Waals surface area contributed by atoms with E-state index in [0.29, 0.717) is 31.5 Å². The Balaban J connectivity index is 1.57. The molecule has 1 N–H and O–H groups in total. The monoisotopic (exact) mass is 337 g/mol. The maximum Gasteiger partial charge on any atom is 0.255 e. The molecule has 0 aliphatic carbocycles. The zero-order chi connectivity index (χ0) is 16.0. The van der Waals surface area contributed by atoms with E-state index in [4.69, 9.17) is 0 Å². The van der Waals surface area contributed by atoms with Gasteiger partial charge in [-0.05, 0) is 24.9 Å². The Bertz CT molecular complexity index is 757. The van der Waals surface area contributed by atoms with Crippen LogP contribution in [0.25, 0.3) is 0 Å². The van der Waals surface area contributed by atoms with Gasteiger partial charge in [0.1, 0.15) is 0 Å². The second kappa shape index (κ2) is 5.72. The molecule has 1 aromatic rings. The standard InChI is InChI=1S/C16H23N3O3S/c20-16-13(11-18-3-5-23(21,22)6-4-18)1-2-15-14-7-12(8-17-9-14)10-19(15)16/h1-2,12,14,17H,3-11H2/t12-,14+/m0/s1. The van der Waals surface area contributed by atoms with Crippen molar-refractivity contribution >= 4 is 9.84 Å². The lowest BCUT2D eigenvalue weighted by Crippen LogP contribution is -2.46. The maximum atomic E-state index is 12.8. The van der Waals surface area contributed by atoms with Gasteiger partial charge in [-0.3, -0.25) is 9.69 Å². The number of piperidine rings is 1. The van der Waals surface area contributed by atoms with Crippen molar-refractivity contribution in [1.29, 1.82) is 0 Å². The van der Waals surface area contributed by atoms with E-state index >= 15 is 0 Å². The first kappa shape index (κ1) is 15.4. The number of fused-ring (bicyclic) bond motifs is 4. The van der Waals surface area contributed by atoms with E-state index in [1.54, 1.807) is 0 Å². The van der Waals surface area contributed by atoms with E-state index in [0.717, 1.165) is 30.9 Å². The average Bonchev–Trinajstić information content (AvgIpc) is 2.53. The van der Waals surface area contributed by atoms with Gasteiger partial charge in [0.05, 0.1) is 11.5 Å². The molecule has 7 heteroatoms. The highest BCUT2D eigenvalue weighted by Crippen LogP contribution is 2.31. The molecule has 0 spiro atoms. The van der Waals surface area contributed by atoms with Crippen LogP contribution in [0.3, 0.4) is 0 Å². The number of sulfone groups is 1. The van der Waals surface area contributed by atoms with Gasteiger partial charge in [0, 0.05) is 49.9 Å². The number of hydrogen-bond acceptors (Lipinski definition) is 5. The van der Waals surface area contributed by atoms with Gasteiger partial charge >= 0.3 is 0 Å². The molecule has 0 radical (unpaired) electrons. The minimum absolute atomic E-state index is 0.118. The summed E-state index contributed by atoms with van der Waals surface area (Å²) in [4.78, 5) is 14.9. The summed E-state index contributed by atoms with van der Waals surface area (Å²) in [6.07, 6.45) is 1.18. The minimum atomic E-state index is -2.87. The lowest BCUT2D eigenvalue weighted by atomic mass is 9.84. The number of hydrogen-bond donors (Lipinski definition) is 1. The van der Waals surface area contributed by atoms with Gasteiger partial charge in [-0.1, -0.05) is 6.07 Å². The van der Waals surface area contributed by atoms with Gasteiger partial charge in [-0.15, -0.1) is 0 Å². The molecule has 3 aliphatic rings. The smallest absolute Gasteiger partial charge is 0.255 e. The SMILES string of the molecule is O=c1c(CN2CCS(=O)(=O)CC2)ccc2n1C[C@@H]1CNC[C@H]2C1. The van der Waals surface area contributed by atoms with Crippen LogP contribution in [0, 0.1) is 5.92 Å². The fraction of sp³-hybridized carbons (Fsp3) is 0.688. The van der Waals surface area contributed by atoms with Crippen LogP contribution in [-0.4, -0.2) is 55.6 Å². The van der Waals surface area contributed by atoms with E-state index in [1.807, 2.05) is 10.6 Å². The van der Waals surface area contributed by atoms with Crippen LogP contribution in [0.15, 0.2) is 16.9 Å².